The van der Waals surface area contributed by atoms with E-state index >= 15 is 0 Å². The summed E-state index contributed by atoms with van der Waals surface area (Å²) in [5.41, 5.74) is 0. The normalized spacial score (nSPS) is 33.0. The third-order valence-electron chi connectivity index (χ3n) is 12.8. The number of ether oxygens (including phenoxy) is 6. The average Bonchev–Trinajstić information content (AvgIpc) is 3.35. The lowest BCUT2D eigenvalue weighted by atomic mass is 9.96. The van der Waals surface area contributed by atoms with Crippen molar-refractivity contribution >= 4 is 5.91 Å². The molecule has 3 fully saturated rings. The first-order valence-corrected chi connectivity index (χ1v) is 25.9. The van der Waals surface area contributed by atoms with E-state index in [1.807, 2.05) is 0 Å². The van der Waals surface area contributed by atoms with Gasteiger partial charge in [0.1, 0.15) is 73.2 Å². The number of rotatable bonds is 35. The van der Waals surface area contributed by atoms with Gasteiger partial charge in [0.25, 0.3) is 0 Å². The van der Waals surface area contributed by atoms with E-state index < -0.39 is 124 Å². The Morgan fingerprint density at radius 2 is 0.943 bits per heavy atom. The first-order valence-electron chi connectivity index (χ1n) is 25.9. The van der Waals surface area contributed by atoms with Crippen LogP contribution in [0.25, 0.3) is 0 Å². The summed E-state index contributed by atoms with van der Waals surface area (Å²) in [6.07, 6.45) is 8.40. The van der Waals surface area contributed by atoms with Crippen molar-refractivity contribution in [3.05, 3.63) is 48.6 Å². The van der Waals surface area contributed by atoms with Gasteiger partial charge in [0, 0.05) is 6.42 Å². The van der Waals surface area contributed by atoms with E-state index in [-0.39, 0.29) is 18.9 Å². The lowest BCUT2D eigenvalue weighted by Gasteiger charge is -2.48. The molecule has 3 aliphatic rings. The van der Waals surface area contributed by atoms with E-state index in [2.05, 4.69) is 55.6 Å². The Balaban J connectivity index is 1.57. The van der Waals surface area contributed by atoms with Crippen LogP contribution in [0.1, 0.15) is 136 Å². The molecule has 0 radical (unpaired) electrons. The van der Waals surface area contributed by atoms with Gasteiger partial charge in [-0.25, -0.2) is 0 Å². The molecule has 0 saturated carbocycles. The monoisotopic (exact) mass is 1000 g/mol. The molecule has 17 unspecified atom stereocenters. The number of allylic oxidation sites excluding steroid dienone is 7. The molecular formula is C51H89NO18. The van der Waals surface area contributed by atoms with E-state index in [9.17, 15) is 61.0 Å². The second kappa shape index (κ2) is 35.8. The van der Waals surface area contributed by atoms with Crippen LogP contribution in [0, 0.1) is 0 Å². The standard InChI is InChI=1S/C51H89NO18/c1-3-5-7-9-11-13-15-16-17-19-21-23-25-27-29-39(57)52-34(35(56)28-26-24-22-20-18-14-12-10-8-6-4-2)33-65-49-45(63)42(60)47(37(31-54)67-49)70-51-46(64)43(61)48(38(32-55)68-51)69-50-44(62)41(59)40(58)36(30-53)66-50/h8,10,15-16,18,20,26,28,34-38,40-51,53-56,58-64H,3-7,9,11-14,17,19,21-25,27,29-33H2,1-2H3,(H,52,57)/b10-8+,16-15-,20-18+,28-26+. The fourth-order valence-corrected chi connectivity index (χ4v) is 8.46. The highest BCUT2D eigenvalue weighted by Gasteiger charge is 2.53. The van der Waals surface area contributed by atoms with Crippen molar-refractivity contribution in [3.8, 4) is 0 Å². The number of nitrogens with one attached hydrogen (secondary N) is 1. The quantitative estimate of drug-likeness (QED) is 0.0319. The van der Waals surface area contributed by atoms with E-state index in [4.69, 9.17) is 28.4 Å². The summed E-state index contributed by atoms with van der Waals surface area (Å²) in [5.74, 6) is -0.305. The maximum absolute atomic E-state index is 13.2. The van der Waals surface area contributed by atoms with Crippen molar-refractivity contribution in [2.75, 3.05) is 26.4 Å². The van der Waals surface area contributed by atoms with Crippen LogP contribution in [-0.2, 0) is 33.2 Å². The van der Waals surface area contributed by atoms with Gasteiger partial charge in [0.2, 0.25) is 5.91 Å². The van der Waals surface area contributed by atoms with Crippen LogP contribution in [0.3, 0.4) is 0 Å². The Kier molecular flexibility index (Phi) is 31.8. The van der Waals surface area contributed by atoms with Gasteiger partial charge < -0.3 is 89.9 Å². The zero-order valence-corrected chi connectivity index (χ0v) is 41.5. The van der Waals surface area contributed by atoms with Crippen molar-refractivity contribution in [1.29, 1.82) is 0 Å². The fraction of sp³-hybridized carbons (Fsp3) is 0.824. The smallest absolute Gasteiger partial charge is 0.220 e. The van der Waals surface area contributed by atoms with Gasteiger partial charge in [-0.1, -0.05) is 114 Å². The summed E-state index contributed by atoms with van der Waals surface area (Å²) in [5, 5.41) is 119. The molecule has 406 valence electrons. The van der Waals surface area contributed by atoms with Crippen molar-refractivity contribution in [3.63, 3.8) is 0 Å². The summed E-state index contributed by atoms with van der Waals surface area (Å²) in [6.45, 7) is 1.55. The van der Waals surface area contributed by atoms with Gasteiger partial charge in [0.05, 0.1) is 38.6 Å². The van der Waals surface area contributed by atoms with E-state index in [1.165, 1.54) is 32.1 Å². The van der Waals surface area contributed by atoms with Crippen LogP contribution in [0.4, 0.5) is 0 Å². The molecule has 0 aromatic heterocycles. The highest BCUT2D eigenvalue weighted by atomic mass is 16.8. The molecule has 1 amide bonds. The Morgan fingerprint density at radius 3 is 1.49 bits per heavy atom. The van der Waals surface area contributed by atoms with Crippen molar-refractivity contribution in [1.82, 2.24) is 5.32 Å². The molecule has 17 atom stereocenters. The topological polar surface area (TPSA) is 307 Å². The maximum Gasteiger partial charge on any atom is 0.220 e. The summed E-state index contributed by atoms with van der Waals surface area (Å²) >= 11 is 0. The minimum atomic E-state index is -1.98. The minimum absolute atomic E-state index is 0.220. The van der Waals surface area contributed by atoms with Gasteiger partial charge in [-0.05, 0) is 64.2 Å². The van der Waals surface area contributed by atoms with Gasteiger partial charge >= 0.3 is 0 Å². The number of aliphatic hydroxyl groups is 11. The molecule has 0 bridgehead atoms. The Labute approximate surface area is 414 Å². The van der Waals surface area contributed by atoms with Crippen LogP contribution in [0.15, 0.2) is 48.6 Å². The summed E-state index contributed by atoms with van der Waals surface area (Å²) in [6, 6.07) is -0.997. The zero-order chi connectivity index (χ0) is 51.3. The molecule has 3 saturated heterocycles. The second-order valence-corrected chi connectivity index (χ2v) is 18.6. The predicted octanol–water partition coefficient (Wildman–Crippen LogP) is 1.97. The second-order valence-electron chi connectivity index (χ2n) is 18.6. The Morgan fingerprint density at radius 1 is 0.500 bits per heavy atom. The molecule has 3 aliphatic heterocycles. The molecule has 19 nitrogen and oxygen atoms in total. The van der Waals surface area contributed by atoms with Crippen LogP contribution < -0.4 is 5.32 Å². The zero-order valence-electron chi connectivity index (χ0n) is 41.5. The lowest BCUT2D eigenvalue weighted by molar-refractivity contribution is -0.379. The molecule has 12 N–H and O–H groups in total. The number of unbranched alkanes of at least 4 members (excludes halogenated alkanes) is 13. The number of amides is 1. The van der Waals surface area contributed by atoms with Gasteiger partial charge in [-0.2, -0.15) is 0 Å². The van der Waals surface area contributed by atoms with Crippen molar-refractivity contribution in [2.45, 2.75) is 240 Å². The first kappa shape index (κ1) is 62.0. The summed E-state index contributed by atoms with van der Waals surface area (Å²) < 4.78 is 34.0. The summed E-state index contributed by atoms with van der Waals surface area (Å²) in [4.78, 5) is 13.2. The van der Waals surface area contributed by atoms with E-state index in [1.54, 1.807) is 12.2 Å². The van der Waals surface area contributed by atoms with Crippen molar-refractivity contribution in [2.24, 2.45) is 0 Å². The number of hydrogen-bond acceptors (Lipinski definition) is 18. The third-order valence-corrected chi connectivity index (χ3v) is 12.8. The molecule has 70 heavy (non-hydrogen) atoms. The van der Waals surface area contributed by atoms with Gasteiger partial charge in [-0.15, -0.1) is 0 Å². The lowest BCUT2D eigenvalue weighted by Crippen LogP contribution is -2.66. The molecule has 0 spiro atoms. The van der Waals surface area contributed by atoms with Crippen molar-refractivity contribution < 1.29 is 89.4 Å². The van der Waals surface area contributed by atoms with E-state index in [0.29, 0.717) is 12.8 Å². The fourth-order valence-electron chi connectivity index (χ4n) is 8.46. The third kappa shape index (κ3) is 21.3. The van der Waals surface area contributed by atoms with Crippen LogP contribution >= 0.6 is 0 Å². The minimum Gasteiger partial charge on any atom is -0.394 e. The largest absolute Gasteiger partial charge is 0.394 e. The van der Waals surface area contributed by atoms with Crippen LogP contribution in [0.5, 0.6) is 0 Å². The number of carbonyl (C=O) groups is 1. The number of carbonyl (C=O) groups excluding carboxylic acids is 1. The SMILES string of the molecule is CCC/C=C/CC/C=C/CC/C=C/C(O)C(COC1OC(CO)C(OC2OC(CO)C(OC3OC(CO)C(O)C(O)C3O)C(O)C2O)C(O)C1O)NC(=O)CCCCCCC/C=C\CCCCCCC. The maximum atomic E-state index is 13.2. The first-order chi connectivity index (χ1) is 33.8. The molecule has 0 aromatic rings. The average molecular weight is 1000 g/mol. The highest BCUT2D eigenvalue weighted by Crippen LogP contribution is 2.33. The molecule has 0 aromatic carbocycles. The molecule has 3 heterocycles. The number of hydrogen-bond donors (Lipinski definition) is 12. The Bertz CT molecular complexity index is 1480. The van der Waals surface area contributed by atoms with Gasteiger partial charge in [0.15, 0.2) is 18.9 Å². The molecule has 19 heteroatoms. The molecule has 0 aliphatic carbocycles. The molecular weight excluding hydrogens is 915 g/mol. The number of aliphatic hydroxyl groups excluding tert-OH is 11. The summed E-state index contributed by atoms with van der Waals surface area (Å²) in [7, 11) is 0. The van der Waals surface area contributed by atoms with Gasteiger partial charge in [-0.3, -0.25) is 4.79 Å². The van der Waals surface area contributed by atoms with E-state index in [0.717, 1.165) is 70.6 Å². The highest BCUT2D eigenvalue weighted by molar-refractivity contribution is 5.76. The molecule has 3 rings (SSSR count). The van der Waals surface area contributed by atoms with Crippen LogP contribution in [0.2, 0.25) is 0 Å². The van der Waals surface area contributed by atoms with Crippen LogP contribution in [-0.4, -0.2) is 193 Å². The Hall–Kier alpha value is -2.25. The predicted molar refractivity (Wildman–Crippen MR) is 259 cm³/mol.